The Hall–Kier alpha value is -2.75. The summed E-state index contributed by atoms with van der Waals surface area (Å²) in [7, 11) is 1.93. The van der Waals surface area contributed by atoms with Crippen molar-refractivity contribution in [1.82, 2.24) is 4.57 Å². The van der Waals surface area contributed by atoms with Gasteiger partial charge in [-0.05, 0) is 50.0 Å². The molecule has 1 aliphatic heterocycles. The summed E-state index contributed by atoms with van der Waals surface area (Å²) in [5.41, 5.74) is 2.06. The molecule has 126 valence electrons. The van der Waals surface area contributed by atoms with Gasteiger partial charge in [0.1, 0.15) is 17.1 Å². The van der Waals surface area contributed by atoms with Gasteiger partial charge >= 0.3 is 0 Å². The smallest absolute Gasteiger partial charge is 0.200 e. The molecule has 0 unspecified atom stereocenters. The van der Waals surface area contributed by atoms with Crippen LogP contribution in [0.25, 0.3) is 27.9 Å². The van der Waals surface area contributed by atoms with Crippen LogP contribution in [-0.4, -0.2) is 15.3 Å². The van der Waals surface area contributed by atoms with Crippen molar-refractivity contribution in [3.8, 4) is 11.5 Å². The lowest BCUT2D eigenvalue weighted by Crippen LogP contribution is -2.32. The number of aromatic nitrogens is 1. The highest BCUT2D eigenvalue weighted by molar-refractivity contribution is 6.01. The molecule has 0 bridgehead atoms. The number of benzene rings is 2. The minimum atomic E-state index is -0.247. The number of rotatable bonds is 0. The first-order valence-electron chi connectivity index (χ1n) is 8.75. The second-order valence-electron chi connectivity index (χ2n) is 7.14. The molecule has 1 aromatic heterocycles. The monoisotopic (exact) mass is 333 g/mol. The number of aromatic hydroxyl groups is 1. The van der Waals surface area contributed by atoms with Gasteiger partial charge in [0.25, 0.3) is 0 Å². The van der Waals surface area contributed by atoms with Crippen LogP contribution in [0.5, 0.6) is 11.5 Å². The molecule has 1 aliphatic carbocycles. The highest BCUT2D eigenvalue weighted by atomic mass is 16.5. The van der Waals surface area contributed by atoms with Crippen LogP contribution in [0.1, 0.15) is 31.2 Å². The lowest BCUT2D eigenvalue weighted by atomic mass is 9.94. The SMILES string of the molecule is Cn1c2ccccc2c(=O)c2c(O)cc3c(c21)C=CC1(CCCC1)O3. The first-order chi connectivity index (χ1) is 12.1. The third-order valence-electron chi connectivity index (χ3n) is 5.67. The Bertz CT molecular complexity index is 1120. The van der Waals surface area contributed by atoms with Crippen LogP contribution in [0.2, 0.25) is 0 Å². The van der Waals surface area contributed by atoms with E-state index in [0.717, 1.165) is 42.3 Å². The first kappa shape index (κ1) is 14.6. The molecule has 2 aromatic carbocycles. The number of ether oxygens (including phenoxy) is 1. The van der Waals surface area contributed by atoms with E-state index in [-0.39, 0.29) is 16.8 Å². The molecule has 0 atom stereocenters. The Morgan fingerprint density at radius 2 is 1.96 bits per heavy atom. The predicted molar refractivity (Wildman–Crippen MR) is 99.2 cm³/mol. The number of phenols is 1. The lowest BCUT2D eigenvalue weighted by molar-refractivity contribution is 0.125. The summed E-state index contributed by atoms with van der Waals surface area (Å²) in [5, 5.41) is 11.6. The first-order valence-corrected chi connectivity index (χ1v) is 8.75. The van der Waals surface area contributed by atoms with Gasteiger partial charge in [0.2, 0.25) is 5.43 Å². The number of pyridine rings is 1. The molecule has 2 aliphatic rings. The zero-order chi connectivity index (χ0) is 17.2. The normalized spacial score (nSPS) is 18.0. The number of fused-ring (bicyclic) bond motifs is 4. The van der Waals surface area contributed by atoms with Crippen LogP contribution in [0.4, 0.5) is 0 Å². The van der Waals surface area contributed by atoms with Crippen LogP contribution in [0.3, 0.4) is 0 Å². The average molecular weight is 333 g/mol. The van der Waals surface area contributed by atoms with Gasteiger partial charge in [-0.15, -0.1) is 0 Å². The summed E-state index contributed by atoms with van der Waals surface area (Å²) >= 11 is 0. The van der Waals surface area contributed by atoms with Crippen molar-refractivity contribution in [2.45, 2.75) is 31.3 Å². The number of hydrogen-bond donors (Lipinski definition) is 1. The van der Waals surface area contributed by atoms with E-state index in [9.17, 15) is 9.90 Å². The summed E-state index contributed by atoms with van der Waals surface area (Å²) in [6.07, 6.45) is 8.51. The molecule has 1 fully saturated rings. The Morgan fingerprint density at radius 3 is 2.76 bits per heavy atom. The molecular formula is C21H19NO3. The Labute approximate surface area is 145 Å². The van der Waals surface area contributed by atoms with E-state index in [1.165, 1.54) is 0 Å². The molecule has 4 nitrogen and oxygen atoms in total. The summed E-state index contributed by atoms with van der Waals surface area (Å²) in [4.78, 5) is 13.0. The maximum absolute atomic E-state index is 13.0. The van der Waals surface area contributed by atoms with Crippen LogP contribution in [0, 0.1) is 0 Å². The number of phenolic OH excluding ortho intramolecular Hbond substituents is 1. The fraction of sp³-hybridized carbons (Fsp3) is 0.286. The van der Waals surface area contributed by atoms with E-state index in [2.05, 4.69) is 12.2 Å². The molecule has 4 heteroatoms. The van der Waals surface area contributed by atoms with Crippen molar-refractivity contribution in [3.63, 3.8) is 0 Å². The van der Waals surface area contributed by atoms with E-state index in [4.69, 9.17) is 4.74 Å². The minimum absolute atomic E-state index is 0.0106. The Balaban J connectivity index is 1.90. The number of nitrogens with zero attached hydrogens (tertiary/aromatic N) is 1. The second-order valence-corrected chi connectivity index (χ2v) is 7.14. The molecule has 25 heavy (non-hydrogen) atoms. The van der Waals surface area contributed by atoms with E-state index < -0.39 is 0 Å². The van der Waals surface area contributed by atoms with E-state index in [1.807, 2.05) is 29.8 Å². The third-order valence-corrected chi connectivity index (χ3v) is 5.67. The van der Waals surface area contributed by atoms with Gasteiger partial charge in [0.05, 0.1) is 16.4 Å². The molecule has 0 amide bonds. The predicted octanol–water partition coefficient (Wildman–Crippen LogP) is 4.12. The third kappa shape index (κ3) is 1.91. The van der Waals surface area contributed by atoms with Gasteiger partial charge in [-0.1, -0.05) is 12.1 Å². The fourth-order valence-corrected chi connectivity index (χ4v) is 4.41. The molecular weight excluding hydrogens is 314 g/mol. The highest BCUT2D eigenvalue weighted by Crippen LogP contribution is 2.45. The zero-order valence-corrected chi connectivity index (χ0v) is 14.1. The maximum Gasteiger partial charge on any atom is 0.200 e. The summed E-state index contributed by atoms with van der Waals surface area (Å²) in [6, 6.07) is 9.10. The standard InChI is InChI=1S/C21H19NO3/c1-22-15-7-3-2-6-13(15)20(24)18-16(23)12-17-14(19(18)22)8-11-21(25-17)9-4-5-10-21/h2-3,6-8,11-12,23H,4-5,9-10H2,1H3. The van der Waals surface area contributed by atoms with Gasteiger partial charge in [-0.25, -0.2) is 0 Å². The number of hydrogen-bond acceptors (Lipinski definition) is 3. The second kappa shape index (κ2) is 4.88. The summed E-state index contributed by atoms with van der Waals surface area (Å²) in [6.45, 7) is 0. The molecule has 0 radical (unpaired) electrons. The lowest BCUT2D eigenvalue weighted by Gasteiger charge is -2.32. The molecule has 5 rings (SSSR count). The Kier molecular flexibility index (Phi) is 2.85. The van der Waals surface area contributed by atoms with Crippen molar-refractivity contribution in [1.29, 1.82) is 0 Å². The molecule has 1 spiro atoms. The number of para-hydroxylation sites is 1. The molecule has 3 aromatic rings. The number of aryl methyl sites for hydroxylation is 1. The van der Waals surface area contributed by atoms with Crippen molar-refractivity contribution >= 4 is 27.9 Å². The average Bonchev–Trinajstić information content (AvgIpc) is 3.06. The molecule has 2 heterocycles. The molecule has 0 saturated heterocycles. The highest BCUT2D eigenvalue weighted by Gasteiger charge is 2.37. The molecule has 1 N–H and O–H groups in total. The minimum Gasteiger partial charge on any atom is -0.507 e. The van der Waals surface area contributed by atoms with Gasteiger partial charge < -0.3 is 14.4 Å². The maximum atomic E-state index is 13.0. The van der Waals surface area contributed by atoms with Crippen LogP contribution < -0.4 is 10.2 Å². The van der Waals surface area contributed by atoms with Crippen LogP contribution in [-0.2, 0) is 7.05 Å². The van der Waals surface area contributed by atoms with E-state index in [1.54, 1.807) is 12.1 Å². The van der Waals surface area contributed by atoms with Gasteiger partial charge in [0, 0.05) is 24.1 Å². The Morgan fingerprint density at radius 1 is 1.20 bits per heavy atom. The van der Waals surface area contributed by atoms with Crippen molar-refractivity contribution in [2.24, 2.45) is 7.05 Å². The topological polar surface area (TPSA) is 51.5 Å². The van der Waals surface area contributed by atoms with Gasteiger partial charge in [-0.3, -0.25) is 4.79 Å². The van der Waals surface area contributed by atoms with Gasteiger partial charge in [0.15, 0.2) is 0 Å². The quantitative estimate of drug-likeness (QED) is 0.630. The summed E-state index contributed by atoms with van der Waals surface area (Å²) in [5.74, 6) is 0.656. The zero-order valence-electron chi connectivity index (χ0n) is 14.1. The van der Waals surface area contributed by atoms with E-state index in [0.29, 0.717) is 16.5 Å². The van der Waals surface area contributed by atoms with Crippen molar-refractivity contribution < 1.29 is 9.84 Å². The van der Waals surface area contributed by atoms with Crippen LogP contribution in [0.15, 0.2) is 41.2 Å². The molecule has 1 saturated carbocycles. The van der Waals surface area contributed by atoms with Crippen molar-refractivity contribution in [3.05, 3.63) is 52.2 Å². The largest absolute Gasteiger partial charge is 0.507 e. The van der Waals surface area contributed by atoms with Gasteiger partial charge in [-0.2, -0.15) is 0 Å². The van der Waals surface area contributed by atoms with Crippen LogP contribution >= 0.6 is 0 Å². The van der Waals surface area contributed by atoms with E-state index >= 15 is 0 Å². The van der Waals surface area contributed by atoms with Crippen molar-refractivity contribution in [2.75, 3.05) is 0 Å². The fourth-order valence-electron chi connectivity index (χ4n) is 4.41. The summed E-state index contributed by atoms with van der Waals surface area (Å²) < 4.78 is 8.29.